The summed E-state index contributed by atoms with van der Waals surface area (Å²) in [7, 11) is 0. The topological polar surface area (TPSA) is 20.3 Å². The van der Waals surface area contributed by atoms with E-state index >= 15 is 0 Å². The molecule has 0 aromatic heterocycles. The Balaban J connectivity index is 2.51. The Morgan fingerprint density at radius 2 is 2.00 bits per heavy atom. The minimum absolute atomic E-state index is 0.122. The molecule has 1 aliphatic carbocycles. The van der Waals surface area contributed by atoms with Crippen molar-refractivity contribution in [3.63, 3.8) is 0 Å². The van der Waals surface area contributed by atoms with E-state index in [0.29, 0.717) is 6.04 Å². The van der Waals surface area contributed by atoms with Gasteiger partial charge in [0, 0.05) is 13.0 Å². The highest BCUT2D eigenvalue weighted by molar-refractivity contribution is 5.74. The fourth-order valence-corrected chi connectivity index (χ4v) is 1.89. The lowest BCUT2D eigenvalue weighted by Crippen LogP contribution is -2.35. The van der Waals surface area contributed by atoms with Crippen LogP contribution in [0.1, 0.15) is 39.0 Å². The molecule has 1 saturated carbocycles. The average Bonchev–Trinajstić information content (AvgIpc) is 2.07. The summed E-state index contributed by atoms with van der Waals surface area (Å²) in [6.07, 6.45) is 7.78. The van der Waals surface area contributed by atoms with E-state index in [1.54, 1.807) is 18.0 Å². The summed E-state index contributed by atoms with van der Waals surface area (Å²) in [5.74, 6) is 0.122. The minimum Gasteiger partial charge on any atom is -0.317 e. The van der Waals surface area contributed by atoms with Crippen LogP contribution < -0.4 is 0 Å². The molecule has 0 aromatic rings. The average molecular weight is 167 g/mol. The van der Waals surface area contributed by atoms with Crippen molar-refractivity contribution in [2.75, 3.05) is 0 Å². The van der Waals surface area contributed by atoms with Gasteiger partial charge in [-0.1, -0.05) is 25.8 Å². The van der Waals surface area contributed by atoms with Crippen LogP contribution in [0.3, 0.4) is 0 Å². The van der Waals surface area contributed by atoms with Crippen molar-refractivity contribution in [2.24, 2.45) is 0 Å². The van der Waals surface area contributed by atoms with Gasteiger partial charge in [0.25, 0.3) is 0 Å². The van der Waals surface area contributed by atoms with Crippen LogP contribution in [0.15, 0.2) is 12.8 Å². The van der Waals surface area contributed by atoms with Gasteiger partial charge in [-0.3, -0.25) is 4.79 Å². The summed E-state index contributed by atoms with van der Waals surface area (Å²) in [6.45, 7) is 5.27. The van der Waals surface area contributed by atoms with Crippen LogP contribution in [0, 0.1) is 0 Å². The fraction of sp³-hybridized carbons (Fsp3) is 0.700. The molecule has 1 amide bonds. The van der Waals surface area contributed by atoms with Crippen molar-refractivity contribution in [2.45, 2.75) is 45.1 Å². The molecule has 0 heterocycles. The third-order valence-corrected chi connectivity index (χ3v) is 2.53. The first-order valence-corrected chi connectivity index (χ1v) is 4.67. The van der Waals surface area contributed by atoms with Gasteiger partial charge in [0.2, 0.25) is 5.91 Å². The zero-order valence-corrected chi connectivity index (χ0v) is 7.75. The largest absolute Gasteiger partial charge is 0.317 e. The molecular weight excluding hydrogens is 150 g/mol. The Labute approximate surface area is 74.2 Å². The summed E-state index contributed by atoms with van der Waals surface area (Å²) in [5, 5.41) is 0. The summed E-state index contributed by atoms with van der Waals surface area (Å²) >= 11 is 0. The van der Waals surface area contributed by atoms with Crippen LogP contribution in [0.2, 0.25) is 0 Å². The number of hydrogen-bond donors (Lipinski definition) is 0. The number of hydrogen-bond acceptors (Lipinski definition) is 1. The Bertz CT molecular complexity index is 171. The molecule has 68 valence electrons. The van der Waals surface area contributed by atoms with E-state index in [0.717, 1.165) is 12.8 Å². The molecule has 2 nitrogen and oxygen atoms in total. The smallest absolute Gasteiger partial charge is 0.223 e. The SMILES string of the molecule is C=CN(C(C)=O)C1CCCCC1. The monoisotopic (exact) mass is 167 g/mol. The van der Waals surface area contributed by atoms with E-state index < -0.39 is 0 Å². The second-order valence-corrected chi connectivity index (χ2v) is 3.40. The van der Waals surface area contributed by atoms with Crippen LogP contribution in [0.4, 0.5) is 0 Å². The van der Waals surface area contributed by atoms with Gasteiger partial charge in [-0.05, 0) is 19.0 Å². The molecule has 0 aromatic carbocycles. The van der Waals surface area contributed by atoms with Crippen molar-refractivity contribution in [3.8, 4) is 0 Å². The number of carbonyl (C=O) groups excluding carboxylic acids is 1. The summed E-state index contributed by atoms with van der Waals surface area (Å²) < 4.78 is 0. The number of rotatable bonds is 2. The quantitative estimate of drug-likeness (QED) is 0.618. The van der Waals surface area contributed by atoms with Crippen LogP contribution in [-0.4, -0.2) is 16.8 Å². The second kappa shape index (κ2) is 4.29. The summed E-state index contributed by atoms with van der Waals surface area (Å²) in [4.78, 5) is 12.9. The molecular formula is C10H17NO. The van der Waals surface area contributed by atoms with E-state index in [-0.39, 0.29) is 5.91 Å². The highest BCUT2D eigenvalue weighted by Gasteiger charge is 2.20. The highest BCUT2D eigenvalue weighted by atomic mass is 16.2. The van der Waals surface area contributed by atoms with Crippen LogP contribution in [-0.2, 0) is 4.79 Å². The van der Waals surface area contributed by atoms with Crippen LogP contribution >= 0.6 is 0 Å². The van der Waals surface area contributed by atoms with Crippen LogP contribution in [0.25, 0.3) is 0 Å². The fourth-order valence-electron chi connectivity index (χ4n) is 1.89. The Morgan fingerprint density at radius 1 is 1.42 bits per heavy atom. The van der Waals surface area contributed by atoms with Gasteiger partial charge >= 0.3 is 0 Å². The van der Waals surface area contributed by atoms with Gasteiger partial charge in [0.05, 0.1) is 0 Å². The van der Waals surface area contributed by atoms with Gasteiger partial charge in [-0.15, -0.1) is 0 Å². The molecule has 1 rings (SSSR count). The molecule has 2 heteroatoms. The third kappa shape index (κ3) is 2.10. The number of nitrogens with zero attached hydrogens (tertiary/aromatic N) is 1. The molecule has 12 heavy (non-hydrogen) atoms. The third-order valence-electron chi connectivity index (χ3n) is 2.53. The molecule has 0 atom stereocenters. The standard InChI is InChI=1S/C10H17NO/c1-3-11(9(2)12)10-7-5-4-6-8-10/h3,10H,1,4-8H2,2H3. The summed E-state index contributed by atoms with van der Waals surface area (Å²) in [5.41, 5.74) is 0. The zero-order chi connectivity index (χ0) is 8.97. The van der Waals surface area contributed by atoms with Crippen LogP contribution in [0.5, 0.6) is 0 Å². The van der Waals surface area contributed by atoms with E-state index in [2.05, 4.69) is 6.58 Å². The van der Waals surface area contributed by atoms with Crippen molar-refractivity contribution in [1.29, 1.82) is 0 Å². The molecule has 1 aliphatic rings. The molecule has 0 aliphatic heterocycles. The molecule has 1 fully saturated rings. The van der Waals surface area contributed by atoms with Gasteiger partial charge in [-0.2, -0.15) is 0 Å². The predicted octanol–water partition coefficient (Wildman–Crippen LogP) is 2.31. The number of amides is 1. The molecule has 0 saturated heterocycles. The van der Waals surface area contributed by atoms with E-state index in [1.807, 2.05) is 0 Å². The lowest BCUT2D eigenvalue weighted by Gasteiger charge is -2.30. The first-order chi connectivity index (χ1) is 5.75. The van der Waals surface area contributed by atoms with Gasteiger partial charge < -0.3 is 4.90 Å². The number of carbonyl (C=O) groups is 1. The normalized spacial score (nSPS) is 18.8. The maximum Gasteiger partial charge on any atom is 0.223 e. The molecule has 0 spiro atoms. The van der Waals surface area contributed by atoms with Crippen molar-refractivity contribution in [1.82, 2.24) is 4.90 Å². The summed E-state index contributed by atoms with van der Waals surface area (Å²) in [6, 6.07) is 0.425. The lowest BCUT2D eigenvalue weighted by atomic mass is 9.94. The van der Waals surface area contributed by atoms with E-state index in [4.69, 9.17) is 0 Å². The van der Waals surface area contributed by atoms with Crippen molar-refractivity contribution in [3.05, 3.63) is 12.8 Å². The molecule has 0 bridgehead atoms. The van der Waals surface area contributed by atoms with E-state index in [1.165, 1.54) is 19.3 Å². The maximum absolute atomic E-state index is 11.1. The lowest BCUT2D eigenvalue weighted by molar-refractivity contribution is -0.128. The second-order valence-electron chi connectivity index (χ2n) is 3.40. The van der Waals surface area contributed by atoms with Gasteiger partial charge in [-0.25, -0.2) is 0 Å². The Hall–Kier alpha value is -0.790. The highest BCUT2D eigenvalue weighted by Crippen LogP contribution is 2.22. The Kier molecular flexibility index (Phi) is 3.32. The van der Waals surface area contributed by atoms with Gasteiger partial charge in [0.15, 0.2) is 0 Å². The predicted molar refractivity (Wildman–Crippen MR) is 49.6 cm³/mol. The van der Waals surface area contributed by atoms with Crippen molar-refractivity contribution >= 4 is 5.91 Å². The first kappa shape index (κ1) is 9.30. The minimum atomic E-state index is 0.122. The maximum atomic E-state index is 11.1. The molecule has 0 radical (unpaired) electrons. The Morgan fingerprint density at radius 3 is 2.42 bits per heavy atom. The molecule has 0 N–H and O–H groups in total. The zero-order valence-electron chi connectivity index (χ0n) is 7.75. The van der Waals surface area contributed by atoms with E-state index in [9.17, 15) is 4.79 Å². The first-order valence-electron chi connectivity index (χ1n) is 4.67. The molecule has 0 unspecified atom stereocenters. The van der Waals surface area contributed by atoms with Crippen molar-refractivity contribution < 1.29 is 4.79 Å². The van der Waals surface area contributed by atoms with Gasteiger partial charge in [0.1, 0.15) is 0 Å².